The Bertz CT molecular complexity index is 1670. The third-order valence-electron chi connectivity index (χ3n) is 5.74. The first-order chi connectivity index (χ1) is 17.6. The van der Waals surface area contributed by atoms with Crippen molar-refractivity contribution in [1.29, 1.82) is 0 Å². The van der Waals surface area contributed by atoms with Crippen LogP contribution in [0.4, 0.5) is 10.6 Å². The maximum atomic E-state index is 13.6. The van der Waals surface area contributed by atoms with Crippen molar-refractivity contribution in [2.75, 3.05) is 5.32 Å². The van der Waals surface area contributed by atoms with E-state index in [2.05, 4.69) is 20.3 Å². The normalized spacial score (nSPS) is 12.7. The molecule has 0 fully saturated rings. The van der Waals surface area contributed by atoms with Gasteiger partial charge in [0.25, 0.3) is 5.56 Å². The zero-order chi connectivity index (χ0) is 26.3. The minimum Gasteiger partial charge on any atom is -0.444 e. The molecule has 1 N–H and O–H groups in total. The van der Waals surface area contributed by atoms with Crippen molar-refractivity contribution in [2.45, 2.75) is 45.9 Å². The van der Waals surface area contributed by atoms with Gasteiger partial charge in [0.1, 0.15) is 17.4 Å². The lowest BCUT2D eigenvalue weighted by atomic mass is 10.1. The van der Waals surface area contributed by atoms with Gasteiger partial charge in [0, 0.05) is 6.20 Å². The molecule has 0 aliphatic carbocycles. The second kappa shape index (κ2) is 9.32. The molecular formula is C25H25ClN8O3. The van der Waals surface area contributed by atoms with E-state index in [9.17, 15) is 9.59 Å². The monoisotopic (exact) mass is 520 g/mol. The molecule has 0 radical (unpaired) electrons. The highest BCUT2D eigenvalue weighted by molar-refractivity contribution is 6.33. The van der Waals surface area contributed by atoms with E-state index in [-0.39, 0.29) is 24.0 Å². The van der Waals surface area contributed by atoms with E-state index >= 15 is 0 Å². The number of halogens is 1. The standard InChI is InChI=1S/C25H25ClN8O3/c1-15(16-8-6-5-7-9-16)34-18(31-33-11-10-17(26)20(33)23(34)35)12-32-14-29-19-21(27-13-28-22(19)32)30-24(36)37-25(2,3)4/h5-11,13-15H,12H2,1-4H3,(H,27,28,30,36)/t15-/m0/s1. The summed E-state index contributed by atoms with van der Waals surface area (Å²) in [5.74, 6) is 0.689. The van der Waals surface area contributed by atoms with E-state index in [1.807, 2.05) is 37.3 Å². The number of rotatable bonds is 5. The van der Waals surface area contributed by atoms with Gasteiger partial charge in [-0.05, 0) is 39.3 Å². The van der Waals surface area contributed by atoms with Gasteiger partial charge in [0.2, 0.25) is 0 Å². The topological polar surface area (TPSA) is 121 Å². The number of carbonyl (C=O) groups is 1. The van der Waals surface area contributed by atoms with Crippen molar-refractivity contribution >= 4 is 40.2 Å². The Hall–Kier alpha value is -4.25. The predicted octanol–water partition coefficient (Wildman–Crippen LogP) is 4.29. The third kappa shape index (κ3) is 4.77. The molecule has 0 spiro atoms. The van der Waals surface area contributed by atoms with Crippen LogP contribution in [-0.4, -0.2) is 45.4 Å². The summed E-state index contributed by atoms with van der Waals surface area (Å²) in [7, 11) is 0. The fraction of sp³-hybridized carbons (Fsp3) is 0.280. The summed E-state index contributed by atoms with van der Waals surface area (Å²) in [5, 5.41) is 7.67. The molecule has 5 aromatic rings. The second-order valence-electron chi connectivity index (χ2n) is 9.53. The molecule has 4 heterocycles. The Kier molecular flexibility index (Phi) is 6.16. The number of amides is 1. The van der Waals surface area contributed by atoms with Crippen LogP contribution >= 0.6 is 11.6 Å². The Balaban J connectivity index is 1.57. The summed E-state index contributed by atoms with van der Waals surface area (Å²) in [5.41, 5.74) is 1.16. The van der Waals surface area contributed by atoms with Gasteiger partial charge in [0.15, 0.2) is 22.8 Å². The molecule has 5 rings (SSSR count). The van der Waals surface area contributed by atoms with Gasteiger partial charge in [0.05, 0.1) is 23.9 Å². The molecule has 4 aromatic heterocycles. The molecule has 0 aliphatic heterocycles. The lowest BCUT2D eigenvalue weighted by Gasteiger charge is -2.20. The molecule has 0 aliphatic rings. The van der Waals surface area contributed by atoms with Crippen LogP contribution in [0, 0.1) is 0 Å². The number of hydrogen-bond donors (Lipinski definition) is 1. The highest BCUT2D eigenvalue weighted by Gasteiger charge is 2.22. The van der Waals surface area contributed by atoms with E-state index in [1.54, 1.807) is 48.5 Å². The molecular weight excluding hydrogens is 496 g/mol. The van der Waals surface area contributed by atoms with Crippen molar-refractivity contribution in [2.24, 2.45) is 0 Å². The van der Waals surface area contributed by atoms with Crippen LogP contribution in [0.25, 0.3) is 16.7 Å². The van der Waals surface area contributed by atoms with Gasteiger partial charge < -0.3 is 9.30 Å². The van der Waals surface area contributed by atoms with Crippen molar-refractivity contribution in [3.8, 4) is 0 Å². The van der Waals surface area contributed by atoms with Crippen molar-refractivity contribution in [1.82, 2.24) is 33.7 Å². The van der Waals surface area contributed by atoms with Crippen LogP contribution in [0.15, 0.2) is 60.0 Å². The number of anilines is 1. The Labute approximate surface area is 216 Å². The molecule has 0 bridgehead atoms. The summed E-state index contributed by atoms with van der Waals surface area (Å²) >= 11 is 6.32. The maximum absolute atomic E-state index is 13.6. The largest absolute Gasteiger partial charge is 0.444 e. The average molecular weight is 521 g/mol. The molecule has 1 amide bonds. The number of imidazole rings is 1. The number of fused-ring (bicyclic) bond motifs is 2. The van der Waals surface area contributed by atoms with Gasteiger partial charge in [-0.1, -0.05) is 41.9 Å². The van der Waals surface area contributed by atoms with Gasteiger partial charge in [-0.25, -0.2) is 24.3 Å². The molecule has 1 atom stereocenters. The fourth-order valence-corrected chi connectivity index (χ4v) is 4.34. The number of hydrogen-bond acceptors (Lipinski definition) is 7. The zero-order valence-electron chi connectivity index (χ0n) is 20.7. The molecule has 11 nitrogen and oxygen atoms in total. The lowest BCUT2D eigenvalue weighted by Crippen LogP contribution is -2.31. The number of carbonyl (C=O) groups excluding carboxylic acids is 1. The summed E-state index contributed by atoms with van der Waals surface area (Å²) in [4.78, 5) is 38.8. The highest BCUT2D eigenvalue weighted by Crippen LogP contribution is 2.23. The molecule has 0 saturated carbocycles. The lowest BCUT2D eigenvalue weighted by molar-refractivity contribution is 0.0635. The summed E-state index contributed by atoms with van der Waals surface area (Å²) in [6.07, 6.45) is 3.90. The van der Waals surface area contributed by atoms with Crippen molar-refractivity contribution in [3.63, 3.8) is 0 Å². The molecule has 0 unspecified atom stereocenters. The zero-order valence-corrected chi connectivity index (χ0v) is 21.5. The SMILES string of the molecule is C[C@@H](c1ccccc1)n1c(Cn2cnc3c(NC(=O)OC(C)(C)C)ncnc32)nn2ccc(Cl)c2c1=O. The minimum absolute atomic E-state index is 0.178. The number of ether oxygens (including phenoxy) is 1. The summed E-state index contributed by atoms with van der Waals surface area (Å²) in [6, 6.07) is 11.0. The van der Waals surface area contributed by atoms with Crippen LogP contribution < -0.4 is 10.9 Å². The summed E-state index contributed by atoms with van der Waals surface area (Å²) < 4.78 is 10.2. The number of nitrogens with zero attached hydrogens (tertiary/aromatic N) is 7. The van der Waals surface area contributed by atoms with E-state index in [1.165, 1.54) is 10.8 Å². The first-order valence-electron chi connectivity index (χ1n) is 11.6. The van der Waals surface area contributed by atoms with Gasteiger partial charge in [-0.15, -0.1) is 0 Å². The van der Waals surface area contributed by atoms with E-state index < -0.39 is 11.7 Å². The van der Waals surface area contributed by atoms with Crippen LogP contribution in [0.2, 0.25) is 5.02 Å². The average Bonchev–Trinajstić information content (AvgIpc) is 3.42. The number of benzene rings is 1. The Morgan fingerprint density at radius 2 is 1.89 bits per heavy atom. The second-order valence-corrected chi connectivity index (χ2v) is 9.94. The van der Waals surface area contributed by atoms with E-state index in [4.69, 9.17) is 21.4 Å². The van der Waals surface area contributed by atoms with Crippen LogP contribution in [0.3, 0.4) is 0 Å². The predicted molar refractivity (Wildman–Crippen MR) is 139 cm³/mol. The van der Waals surface area contributed by atoms with Gasteiger partial charge in [-0.3, -0.25) is 14.7 Å². The minimum atomic E-state index is -0.666. The van der Waals surface area contributed by atoms with Crippen LogP contribution in [0.1, 0.15) is 45.1 Å². The molecule has 1 aromatic carbocycles. The van der Waals surface area contributed by atoms with E-state index in [0.29, 0.717) is 27.5 Å². The van der Waals surface area contributed by atoms with Crippen molar-refractivity contribution < 1.29 is 9.53 Å². The smallest absolute Gasteiger partial charge is 0.413 e. The van der Waals surface area contributed by atoms with Crippen LogP contribution in [0.5, 0.6) is 0 Å². The quantitative estimate of drug-likeness (QED) is 0.367. The van der Waals surface area contributed by atoms with Gasteiger partial charge in [-0.2, -0.15) is 5.10 Å². The molecule has 190 valence electrons. The maximum Gasteiger partial charge on any atom is 0.413 e. The van der Waals surface area contributed by atoms with Gasteiger partial charge >= 0.3 is 6.09 Å². The first kappa shape index (κ1) is 24.4. The molecule has 37 heavy (non-hydrogen) atoms. The third-order valence-corrected chi connectivity index (χ3v) is 6.05. The Morgan fingerprint density at radius 1 is 1.14 bits per heavy atom. The first-order valence-corrected chi connectivity index (χ1v) is 12.0. The Morgan fingerprint density at radius 3 is 2.62 bits per heavy atom. The molecule has 0 saturated heterocycles. The highest BCUT2D eigenvalue weighted by atomic mass is 35.5. The fourth-order valence-electron chi connectivity index (χ4n) is 4.11. The summed E-state index contributed by atoms with van der Waals surface area (Å²) in [6.45, 7) is 7.43. The van der Waals surface area contributed by atoms with E-state index in [0.717, 1.165) is 5.56 Å². The molecule has 12 heteroatoms. The van der Waals surface area contributed by atoms with Crippen molar-refractivity contribution in [3.05, 3.63) is 82.0 Å². The number of nitrogens with one attached hydrogen (secondary N) is 1. The number of aromatic nitrogens is 7. The van der Waals surface area contributed by atoms with Crippen LogP contribution in [-0.2, 0) is 11.3 Å².